The molecule has 9 heteroatoms. The van der Waals surface area contributed by atoms with Crippen LogP contribution in [0.4, 0.5) is 5.13 Å². The highest BCUT2D eigenvalue weighted by Gasteiger charge is 2.38. The summed E-state index contributed by atoms with van der Waals surface area (Å²) in [5.74, 6) is 0.930. The van der Waals surface area contributed by atoms with Crippen LogP contribution in [0.15, 0.2) is 32.7 Å². The minimum atomic E-state index is -0.438. The predicted molar refractivity (Wildman–Crippen MR) is 85.6 cm³/mol. The number of nitrogens with two attached hydrogens (primary N) is 1. The Kier molecular flexibility index (Phi) is 3.66. The van der Waals surface area contributed by atoms with Crippen LogP contribution in [0.25, 0.3) is 0 Å². The number of nitrogens with one attached hydrogen (secondary N) is 1. The summed E-state index contributed by atoms with van der Waals surface area (Å²) in [6, 6.07) is 3.24. The van der Waals surface area contributed by atoms with Crippen molar-refractivity contribution in [1.29, 1.82) is 0 Å². The Morgan fingerprint density at radius 3 is 3.00 bits per heavy atom. The van der Waals surface area contributed by atoms with Gasteiger partial charge in [-0.2, -0.15) is 4.98 Å². The van der Waals surface area contributed by atoms with E-state index < -0.39 is 5.54 Å². The third-order valence-corrected chi connectivity index (χ3v) is 4.82. The number of carbonyl (C=O) groups is 1. The van der Waals surface area contributed by atoms with Crippen molar-refractivity contribution in [2.75, 3.05) is 5.32 Å². The van der Waals surface area contributed by atoms with Crippen LogP contribution < -0.4 is 11.1 Å². The maximum atomic E-state index is 11.9. The van der Waals surface area contributed by atoms with E-state index in [0.29, 0.717) is 23.3 Å². The highest BCUT2D eigenvalue weighted by atomic mass is 32.1. The molecule has 3 N–H and O–H groups in total. The fourth-order valence-corrected chi connectivity index (χ4v) is 3.18. The largest absolute Gasteiger partial charge is 0.459 e. The Bertz CT molecular complexity index is 850. The average molecular weight is 345 g/mol. The van der Waals surface area contributed by atoms with Gasteiger partial charge in [0, 0.05) is 5.38 Å². The van der Waals surface area contributed by atoms with Crippen LogP contribution in [0.5, 0.6) is 0 Å². The van der Waals surface area contributed by atoms with Crippen molar-refractivity contribution in [3.63, 3.8) is 0 Å². The number of aromatic nitrogens is 3. The van der Waals surface area contributed by atoms with Gasteiger partial charge >= 0.3 is 0 Å². The van der Waals surface area contributed by atoms with Crippen LogP contribution in [-0.2, 0) is 12.0 Å². The van der Waals surface area contributed by atoms with Gasteiger partial charge in [-0.15, -0.1) is 11.3 Å². The standard InChI is InChI=1S/C15H15N5O3S/c16-15(4-2-5-15)13-18-11(23-20-13)7-9-8-24-14(17-9)19-12(21)10-3-1-6-22-10/h1,3,6,8H,2,4-5,7,16H2,(H,17,19,21). The lowest BCUT2D eigenvalue weighted by atomic mass is 9.77. The number of thiazole rings is 1. The topological polar surface area (TPSA) is 120 Å². The molecule has 0 aliphatic heterocycles. The second kappa shape index (κ2) is 5.84. The lowest BCUT2D eigenvalue weighted by molar-refractivity contribution is 0.0996. The average Bonchev–Trinajstić information content (AvgIpc) is 3.26. The van der Waals surface area contributed by atoms with Crippen molar-refractivity contribution in [2.24, 2.45) is 5.73 Å². The molecule has 0 atom stereocenters. The van der Waals surface area contributed by atoms with Crippen LogP contribution in [0.1, 0.15) is 47.2 Å². The number of hydrogen-bond donors (Lipinski definition) is 2. The van der Waals surface area contributed by atoms with Gasteiger partial charge in [0.15, 0.2) is 16.7 Å². The fraction of sp³-hybridized carbons (Fsp3) is 0.333. The molecule has 1 aliphatic rings. The van der Waals surface area contributed by atoms with Crippen molar-refractivity contribution >= 4 is 22.4 Å². The Morgan fingerprint density at radius 2 is 2.29 bits per heavy atom. The summed E-state index contributed by atoms with van der Waals surface area (Å²) < 4.78 is 10.3. The predicted octanol–water partition coefficient (Wildman–Crippen LogP) is 2.30. The molecular formula is C15H15N5O3S. The molecule has 24 heavy (non-hydrogen) atoms. The van der Waals surface area contributed by atoms with E-state index in [2.05, 4.69) is 20.4 Å². The van der Waals surface area contributed by atoms with Crippen molar-refractivity contribution in [3.05, 3.63) is 46.9 Å². The van der Waals surface area contributed by atoms with E-state index in [9.17, 15) is 4.79 Å². The molecule has 8 nitrogen and oxygen atoms in total. The van der Waals surface area contributed by atoms with Crippen molar-refractivity contribution < 1.29 is 13.7 Å². The molecule has 3 heterocycles. The molecular weight excluding hydrogens is 330 g/mol. The Hall–Kier alpha value is -2.52. The first-order valence-electron chi connectivity index (χ1n) is 7.54. The van der Waals surface area contributed by atoms with Gasteiger partial charge in [-0.1, -0.05) is 5.16 Å². The summed E-state index contributed by atoms with van der Waals surface area (Å²) in [5, 5.41) is 8.99. The molecule has 1 fully saturated rings. The van der Waals surface area contributed by atoms with E-state index in [4.69, 9.17) is 14.7 Å². The Morgan fingerprint density at radius 1 is 1.42 bits per heavy atom. The molecule has 3 aromatic heterocycles. The van der Waals surface area contributed by atoms with E-state index in [1.807, 2.05) is 5.38 Å². The van der Waals surface area contributed by atoms with Gasteiger partial charge in [-0.3, -0.25) is 10.1 Å². The Labute approximate surface area is 141 Å². The first-order chi connectivity index (χ1) is 11.6. The summed E-state index contributed by atoms with van der Waals surface area (Å²) in [4.78, 5) is 20.6. The first-order valence-corrected chi connectivity index (χ1v) is 8.42. The van der Waals surface area contributed by atoms with Crippen molar-refractivity contribution in [1.82, 2.24) is 15.1 Å². The number of amides is 1. The quantitative estimate of drug-likeness (QED) is 0.728. The molecule has 0 radical (unpaired) electrons. The summed E-state index contributed by atoms with van der Waals surface area (Å²) in [5.41, 5.74) is 6.48. The summed E-state index contributed by atoms with van der Waals surface area (Å²) in [6.07, 6.45) is 4.69. The zero-order valence-electron chi connectivity index (χ0n) is 12.7. The number of hydrogen-bond acceptors (Lipinski definition) is 8. The second-order valence-corrected chi connectivity index (χ2v) is 6.63. The molecule has 0 saturated heterocycles. The number of nitrogens with zero attached hydrogens (tertiary/aromatic N) is 3. The molecule has 3 aromatic rings. The van der Waals surface area contributed by atoms with E-state index in [-0.39, 0.29) is 11.7 Å². The van der Waals surface area contributed by atoms with Crippen LogP contribution in [0.2, 0.25) is 0 Å². The number of carbonyl (C=O) groups excluding carboxylic acids is 1. The zero-order valence-corrected chi connectivity index (χ0v) is 13.5. The van der Waals surface area contributed by atoms with E-state index in [1.54, 1.807) is 12.1 Å². The number of furan rings is 1. The van der Waals surface area contributed by atoms with Gasteiger partial charge < -0.3 is 14.7 Å². The van der Waals surface area contributed by atoms with Gasteiger partial charge in [0.1, 0.15) is 0 Å². The minimum Gasteiger partial charge on any atom is -0.459 e. The molecule has 124 valence electrons. The maximum absolute atomic E-state index is 11.9. The fourth-order valence-electron chi connectivity index (χ4n) is 2.48. The summed E-state index contributed by atoms with van der Waals surface area (Å²) >= 11 is 1.32. The highest BCUT2D eigenvalue weighted by Crippen LogP contribution is 2.37. The summed E-state index contributed by atoms with van der Waals surface area (Å²) in [6.45, 7) is 0. The van der Waals surface area contributed by atoms with Crippen LogP contribution in [0.3, 0.4) is 0 Å². The third-order valence-electron chi connectivity index (χ3n) is 4.01. The molecule has 0 bridgehead atoms. The lowest BCUT2D eigenvalue weighted by Crippen LogP contribution is -2.44. The molecule has 0 aromatic carbocycles. The van der Waals surface area contributed by atoms with E-state index >= 15 is 0 Å². The minimum absolute atomic E-state index is 0.238. The summed E-state index contributed by atoms with van der Waals surface area (Å²) in [7, 11) is 0. The van der Waals surface area contributed by atoms with Crippen LogP contribution in [-0.4, -0.2) is 21.0 Å². The van der Waals surface area contributed by atoms with E-state index in [1.165, 1.54) is 17.6 Å². The second-order valence-electron chi connectivity index (χ2n) is 5.77. The zero-order chi connectivity index (χ0) is 16.6. The molecule has 1 aliphatic carbocycles. The third kappa shape index (κ3) is 2.83. The normalized spacial score (nSPS) is 15.9. The molecule has 0 unspecified atom stereocenters. The smallest absolute Gasteiger partial charge is 0.293 e. The van der Waals surface area contributed by atoms with Gasteiger partial charge in [-0.25, -0.2) is 4.98 Å². The maximum Gasteiger partial charge on any atom is 0.293 e. The number of rotatable bonds is 5. The van der Waals surface area contributed by atoms with Gasteiger partial charge in [-0.05, 0) is 31.4 Å². The molecule has 1 saturated carbocycles. The SMILES string of the molecule is NC1(c2noc(Cc3csc(NC(=O)c4ccco4)n3)n2)CCC1. The van der Waals surface area contributed by atoms with E-state index in [0.717, 1.165) is 25.0 Å². The highest BCUT2D eigenvalue weighted by molar-refractivity contribution is 7.13. The van der Waals surface area contributed by atoms with Crippen LogP contribution >= 0.6 is 11.3 Å². The number of anilines is 1. The Balaban J connectivity index is 1.41. The lowest BCUT2D eigenvalue weighted by Gasteiger charge is -2.34. The van der Waals surface area contributed by atoms with Gasteiger partial charge in [0.25, 0.3) is 5.91 Å². The van der Waals surface area contributed by atoms with Crippen molar-refractivity contribution in [3.8, 4) is 0 Å². The molecule has 4 rings (SSSR count). The monoisotopic (exact) mass is 345 g/mol. The molecule has 0 spiro atoms. The van der Waals surface area contributed by atoms with Crippen LogP contribution in [0, 0.1) is 0 Å². The van der Waals surface area contributed by atoms with Crippen molar-refractivity contribution in [2.45, 2.75) is 31.2 Å². The van der Waals surface area contributed by atoms with Gasteiger partial charge in [0.05, 0.1) is 23.9 Å². The van der Waals surface area contributed by atoms with Gasteiger partial charge in [0.2, 0.25) is 5.89 Å². The molecule has 1 amide bonds. The first kappa shape index (κ1) is 15.0.